The summed E-state index contributed by atoms with van der Waals surface area (Å²) in [6.45, 7) is 6.83. The van der Waals surface area contributed by atoms with Gasteiger partial charge in [0.05, 0.1) is 35.9 Å². The maximum Gasteiger partial charge on any atom is 0.228 e. The quantitative estimate of drug-likeness (QED) is 0.855. The molecule has 1 aromatic rings. The molecule has 4 atom stereocenters. The van der Waals surface area contributed by atoms with Crippen LogP contribution >= 0.6 is 11.3 Å². The number of amides is 1. The Kier molecular flexibility index (Phi) is 4.60. The van der Waals surface area contributed by atoms with Crippen molar-refractivity contribution in [1.29, 1.82) is 0 Å². The summed E-state index contributed by atoms with van der Waals surface area (Å²) in [5, 5.41) is 12.3. The van der Waals surface area contributed by atoms with E-state index in [2.05, 4.69) is 4.98 Å². The lowest BCUT2D eigenvalue weighted by Crippen LogP contribution is -2.69. The molecule has 0 bridgehead atoms. The van der Waals surface area contributed by atoms with E-state index in [1.807, 2.05) is 18.7 Å². The van der Waals surface area contributed by atoms with Crippen LogP contribution in [-0.4, -0.2) is 65.5 Å². The van der Waals surface area contributed by atoms with Crippen LogP contribution in [0.5, 0.6) is 0 Å². The average molecular weight is 366 g/mol. The van der Waals surface area contributed by atoms with E-state index in [0.29, 0.717) is 45.8 Å². The zero-order valence-electron chi connectivity index (χ0n) is 14.9. The molecule has 3 aliphatic heterocycles. The molecule has 0 aromatic carbocycles. The third-order valence-corrected chi connectivity index (χ3v) is 7.02. The monoisotopic (exact) mass is 366 g/mol. The molecule has 4 heterocycles. The van der Waals surface area contributed by atoms with Crippen molar-refractivity contribution in [2.45, 2.75) is 44.8 Å². The van der Waals surface area contributed by atoms with Gasteiger partial charge in [-0.2, -0.15) is 0 Å². The summed E-state index contributed by atoms with van der Waals surface area (Å²) in [5.74, 6) is 0.0513. The zero-order valence-corrected chi connectivity index (χ0v) is 15.7. The number of ether oxygens (including phenoxy) is 2. The smallest absolute Gasteiger partial charge is 0.228 e. The van der Waals surface area contributed by atoms with Gasteiger partial charge in [-0.15, -0.1) is 11.3 Å². The molecule has 3 fully saturated rings. The maximum absolute atomic E-state index is 13.1. The fraction of sp³-hybridized carbons (Fsp3) is 0.778. The third-order valence-electron chi connectivity index (χ3n) is 6.09. The van der Waals surface area contributed by atoms with Gasteiger partial charge in [0.2, 0.25) is 5.91 Å². The Hall–Kier alpha value is -1.02. The first-order chi connectivity index (χ1) is 12.0. The van der Waals surface area contributed by atoms with Crippen molar-refractivity contribution in [1.82, 2.24) is 9.88 Å². The second kappa shape index (κ2) is 6.61. The summed E-state index contributed by atoms with van der Waals surface area (Å²) in [6, 6.07) is 0.0561. The van der Waals surface area contributed by atoms with Crippen LogP contribution in [0.3, 0.4) is 0 Å². The standard InChI is InChI=1S/C18H26N2O4S/c1-11-15(19-12(2)25-11)7-17(21)20-8-13-9-24-6-4-18(13,22)14-10-23-5-3-16(14)20/h13-14,16,22H,3-10H2,1-2H3/t13-,14+,16+,18-/m0/s1. The number of aromatic nitrogens is 1. The first-order valence-electron chi connectivity index (χ1n) is 9.09. The van der Waals surface area contributed by atoms with Crippen LogP contribution in [0, 0.1) is 25.7 Å². The van der Waals surface area contributed by atoms with Gasteiger partial charge in [-0.05, 0) is 20.3 Å². The van der Waals surface area contributed by atoms with Crippen LogP contribution in [0.1, 0.15) is 28.4 Å². The van der Waals surface area contributed by atoms with Crippen LogP contribution in [0.15, 0.2) is 0 Å². The molecule has 3 aliphatic rings. The second-order valence-electron chi connectivity index (χ2n) is 7.51. The van der Waals surface area contributed by atoms with Crippen LogP contribution in [-0.2, 0) is 20.7 Å². The molecule has 0 spiro atoms. The summed E-state index contributed by atoms with van der Waals surface area (Å²) in [6.07, 6.45) is 1.77. The number of hydrogen-bond donors (Lipinski definition) is 1. The molecule has 1 amide bonds. The van der Waals surface area contributed by atoms with Crippen LogP contribution in [0.2, 0.25) is 0 Å². The highest BCUT2D eigenvalue weighted by Gasteiger charge is 2.56. The second-order valence-corrected chi connectivity index (χ2v) is 8.92. The molecular formula is C18H26N2O4S. The van der Waals surface area contributed by atoms with Crippen LogP contribution in [0.25, 0.3) is 0 Å². The van der Waals surface area contributed by atoms with E-state index in [0.717, 1.165) is 22.0 Å². The molecule has 7 heteroatoms. The Morgan fingerprint density at radius 1 is 1.36 bits per heavy atom. The Balaban J connectivity index is 1.58. The molecule has 138 valence electrons. The van der Waals surface area contributed by atoms with Crippen molar-refractivity contribution in [3.05, 3.63) is 15.6 Å². The van der Waals surface area contributed by atoms with E-state index in [4.69, 9.17) is 9.47 Å². The van der Waals surface area contributed by atoms with Gasteiger partial charge in [0, 0.05) is 48.9 Å². The average Bonchev–Trinajstić information content (AvgIpc) is 2.91. The lowest BCUT2D eigenvalue weighted by molar-refractivity contribution is -0.219. The van der Waals surface area contributed by atoms with Crippen molar-refractivity contribution in [2.75, 3.05) is 33.0 Å². The number of hydrogen-bond acceptors (Lipinski definition) is 6. The van der Waals surface area contributed by atoms with E-state index in [-0.39, 0.29) is 23.8 Å². The Morgan fingerprint density at radius 2 is 2.16 bits per heavy atom. The van der Waals surface area contributed by atoms with Crippen molar-refractivity contribution in [2.24, 2.45) is 11.8 Å². The van der Waals surface area contributed by atoms with Gasteiger partial charge in [0.25, 0.3) is 0 Å². The van der Waals surface area contributed by atoms with Gasteiger partial charge in [-0.1, -0.05) is 0 Å². The van der Waals surface area contributed by atoms with E-state index in [1.54, 1.807) is 11.3 Å². The first-order valence-corrected chi connectivity index (χ1v) is 9.91. The number of fused-ring (bicyclic) bond motifs is 3. The molecule has 25 heavy (non-hydrogen) atoms. The fourth-order valence-electron chi connectivity index (χ4n) is 4.73. The third kappa shape index (κ3) is 3.01. The number of thiazole rings is 1. The summed E-state index contributed by atoms with van der Waals surface area (Å²) < 4.78 is 11.3. The molecule has 3 saturated heterocycles. The SMILES string of the molecule is Cc1nc(CC(=O)N2C[C@H]3COCC[C@@]3(O)[C@@H]3COCC[C@H]32)c(C)s1. The Morgan fingerprint density at radius 3 is 2.92 bits per heavy atom. The number of aryl methyl sites for hydroxylation is 2. The van der Waals surface area contributed by atoms with Crippen LogP contribution in [0.4, 0.5) is 0 Å². The molecule has 4 rings (SSSR count). The number of rotatable bonds is 2. The van der Waals surface area contributed by atoms with Crippen molar-refractivity contribution in [3.63, 3.8) is 0 Å². The van der Waals surface area contributed by atoms with Gasteiger partial charge in [-0.25, -0.2) is 4.98 Å². The largest absolute Gasteiger partial charge is 0.389 e. The number of carbonyl (C=O) groups excluding carboxylic acids is 1. The lowest BCUT2D eigenvalue weighted by Gasteiger charge is -2.57. The van der Waals surface area contributed by atoms with Crippen molar-refractivity contribution >= 4 is 17.2 Å². The van der Waals surface area contributed by atoms with E-state index in [1.165, 1.54) is 0 Å². The van der Waals surface area contributed by atoms with Crippen LogP contribution < -0.4 is 0 Å². The van der Waals surface area contributed by atoms with Crippen molar-refractivity contribution < 1.29 is 19.4 Å². The molecular weight excluding hydrogens is 340 g/mol. The van der Waals surface area contributed by atoms with Gasteiger partial charge < -0.3 is 19.5 Å². The molecule has 0 aliphatic carbocycles. The van der Waals surface area contributed by atoms with Gasteiger partial charge in [0.15, 0.2) is 0 Å². The highest BCUT2D eigenvalue weighted by molar-refractivity contribution is 7.11. The van der Waals surface area contributed by atoms with E-state index in [9.17, 15) is 9.90 Å². The highest BCUT2D eigenvalue weighted by atomic mass is 32.1. The number of likely N-dealkylation sites (tertiary alicyclic amines) is 1. The van der Waals surface area contributed by atoms with Gasteiger partial charge in [-0.3, -0.25) is 4.79 Å². The first kappa shape index (κ1) is 17.4. The molecule has 6 nitrogen and oxygen atoms in total. The van der Waals surface area contributed by atoms with Crippen molar-refractivity contribution in [3.8, 4) is 0 Å². The minimum Gasteiger partial charge on any atom is -0.389 e. The number of nitrogens with zero attached hydrogens (tertiary/aromatic N) is 2. The fourth-order valence-corrected chi connectivity index (χ4v) is 5.56. The predicted octanol–water partition coefficient (Wildman–Crippen LogP) is 1.32. The topological polar surface area (TPSA) is 71.9 Å². The molecule has 0 saturated carbocycles. The minimum absolute atomic E-state index is 0.0221. The zero-order chi connectivity index (χ0) is 17.6. The lowest BCUT2D eigenvalue weighted by atomic mass is 9.66. The number of carbonyl (C=O) groups is 1. The molecule has 0 unspecified atom stereocenters. The normalized spacial score (nSPS) is 35.2. The minimum atomic E-state index is -0.771. The predicted molar refractivity (Wildman–Crippen MR) is 93.6 cm³/mol. The molecule has 1 N–H and O–H groups in total. The van der Waals surface area contributed by atoms with Gasteiger partial charge >= 0.3 is 0 Å². The summed E-state index contributed by atoms with van der Waals surface area (Å²) in [4.78, 5) is 20.7. The Labute approximate surface area is 152 Å². The number of piperidine rings is 1. The summed E-state index contributed by atoms with van der Waals surface area (Å²) in [5.41, 5.74) is 0.115. The highest BCUT2D eigenvalue weighted by Crippen LogP contribution is 2.44. The van der Waals surface area contributed by atoms with Gasteiger partial charge in [0.1, 0.15) is 0 Å². The summed E-state index contributed by atoms with van der Waals surface area (Å²) >= 11 is 1.64. The molecule has 0 radical (unpaired) electrons. The number of aliphatic hydroxyl groups is 1. The van der Waals surface area contributed by atoms with E-state index < -0.39 is 5.60 Å². The molecule has 1 aromatic heterocycles. The Bertz CT molecular complexity index is 664. The summed E-state index contributed by atoms with van der Waals surface area (Å²) in [7, 11) is 0. The maximum atomic E-state index is 13.1. The van der Waals surface area contributed by atoms with E-state index >= 15 is 0 Å².